The Morgan fingerprint density at radius 3 is 2.64 bits per heavy atom. The van der Waals surface area contributed by atoms with E-state index in [0.717, 1.165) is 5.56 Å². The number of benzene rings is 2. The van der Waals surface area contributed by atoms with Crippen molar-refractivity contribution in [3.05, 3.63) is 71.3 Å². The predicted molar refractivity (Wildman–Crippen MR) is 93.6 cm³/mol. The molecule has 128 valence electrons. The lowest BCUT2D eigenvalue weighted by atomic mass is 10.1. The molecule has 5 heteroatoms. The smallest absolute Gasteiger partial charge is 0.348 e. The second-order valence-electron chi connectivity index (χ2n) is 5.15. The molecule has 0 unspecified atom stereocenters. The highest BCUT2D eigenvalue weighted by atomic mass is 16.6. The van der Waals surface area contributed by atoms with E-state index >= 15 is 0 Å². The fourth-order valence-electron chi connectivity index (χ4n) is 2.03. The molecule has 0 atom stereocenters. The van der Waals surface area contributed by atoms with Gasteiger partial charge in [-0.1, -0.05) is 42.5 Å². The summed E-state index contributed by atoms with van der Waals surface area (Å²) in [5.41, 5.74) is 1.67. The molecule has 0 bridgehead atoms. The van der Waals surface area contributed by atoms with Crippen molar-refractivity contribution >= 4 is 12.0 Å². The summed E-state index contributed by atoms with van der Waals surface area (Å²) in [6.07, 6.45) is 1.48. The van der Waals surface area contributed by atoms with Crippen LogP contribution in [0.4, 0.5) is 0 Å². The second kappa shape index (κ2) is 9.91. The van der Waals surface area contributed by atoms with Crippen LogP contribution in [0.3, 0.4) is 0 Å². The third kappa shape index (κ3) is 6.13. The van der Waals surface area contributed by atoms with Gasteiger partial charge in [0.25, 0.3) is 0 Å². The average molecular weight is 337 g/mol. The molecule has 0 aliphatic carbocycles. The normalized spacial score (nSPS) is 10.8. The molecule has 0 radical (unpaired) electrons. The van der Waals surface area contributed by atoms with E-state index in [9.17, 15) is 4.79 Å². The van der Waals surface area contributed by atoms with Crippen molar-refractivity contribution in [2.24, 2.45) is 0 Å². The van der Waals surface area contributed by atoms with Gasteiger partial charge in [-0.15, -0.1) is 0 Å². The van der Waals surface area contributed by atoms with Gasteiger partial charge >= 0.3 is 5.97 Å². The molecule has 5 nitrogen and oxygen atoms in total. The molecular weight excluding hydrogens is 318 g/mol. The Morgan fingerprint density at radius 2 is 1.92 bits per heavy atom. The highest BCUT2D eigenvalue weighted by Gasteiger charge is 2.10. The van der Waals surface area contributed by atoms with Crippen LogP contribution in [0.2, 0.25) is 0 Å². The molecule has 0 N–H and O–H groups in total. The Balaban J connectivity index is 2.03. The van der Waals surface area contributed by atoms with Crippen LogP contribution in [-0.2, 0) is 20.9 Å². The van der Waals surface area contributed by atoms with Crippen LogP contribution in [0.25, 0.3) is 6.08 Å². The van der Waals surface area contributed by atoms with Gasteiger partial charge in [0.2, 0.25) is 0 Å². The maximum atomic E-state index is 11.8. The molecule has 0 saturated carbocycles. The molecule has 2 aromatic rings. The quantitative estimate of drug-likeness (QED) is 0.320. The van der Waals surface area contributed by atoms with Crippen LogP contribution in [0.15, 0.2) is 60.2 Å². The Hall–Kier alpha value is -3.10. The van der Waals surface area contributed by atoms with Crippen LogP contribution < -0.4 is 4.74 Å². The molecule has 0 aromatic heterocycles. The summed E-state index contributed by atoms with van der Waals surface area (Å²) in [4.78, 5) is 11.8. The topological polar surface area (TPSA) is 68.5 Å². The van der Waals surface area contributed by atoms with Crippen molar-refractivity contribution < 1.29 is 19.0 Å². The predicted octanol–water partition coefficient (Wildman–Crippen LogP) is 3.36. The first-order chi connectivity index (χ1) is 12.2. The molecule has 0 saturated heterocycles. The molecule has 0 aliphatic rings. The summed E-state index contributed by atoms with van der Waals surface area (Å²) in [5.74, 6) is -0.0159. The zero-order chi connectivity index (χ0) is 17.9. The van der Waals surface area contributed by atoms with Crippen LogP contribution in [0, 0.1) is 11.3 Å². The summed E-state index contributed by atoms with van der Waals surface area (Å²) in [5, 5.41) is 9.15. The van der Waals surface area contributed by atoms with Crippen molar-refractivity contribution in [3.8, 4) is 11.8 Å². The highest BCUT2D eigenvalue weighted by Crippen LogP contribution is 2.17. The third-order valence-corrected chi connectivity index (χ3v) is 3.28. The minimum atomic E-state index is -0.671. The van der Waals surface area contributed by atoms with Gasteiger partial charge in [-0.3, -0.25) is 0 Å². The molecule has 0 aliphatic heterocycles. The summed E-state index contributed by atoms with van der Waals surface area (Å²) < 4.78 is 15.5. The number of carbonyl (C=O) groups excluding carboxylic acids is 1. The average Bonchev–Trinajstić information content (AvgIpc) is 2.65. The first kappa shape index (κ1) is 18.2. The zero-order valence-electron chi connectivity index (χ0n) is 14.0. The Morgan fingerprint density at radius 1 is 1.12 bits per heavy atom. The fourth-order valence-corrected chi connectivity index (χ4v) is 2.03. The number of hydrogen-bond donors (Lipinski definition) is 0. The third-order valence-electron chi connectivity index (χ3n) is 3.28. The van der Waals surface area contributed by atoms with Gasteiger partial charge in [0.1, 0.15) is 30.6 Å². The standard InChI is InChI=1S/C20H19NO4/c1-23-10-11-24-20(22)18(14-21)12-17-8-5-9-19(13-17)25-15-16-6-3-2-4-7-16/h2-9,12-13H,10-11,15H2,1H3/b18-12-. The van der Waals surface area contributed by atoms with Crippen LogP contribution in [0.1, 0.15) is 11.1 Å². The van der Waals surface area contributed by atoms with E-state index in [4.69, 9.17) is 19.5 Å². The lowest BCUT2D eigenvalue weighted by molar-refractivity contribution is -0.139. The molecular formula is C20H19NO4. The maximum Gasteiger partial charge on any atom is 0.348 e. The van der Waals surface area contributed by atoms with Crippen molar-refractivity contribution in [2.75, 3.05) is 20.3 Å². The molecule has 2 rings (SSSR count). The lowest BCUT2D eigenvalue weighted by Gasteiger charge is -2.07. The first-order valence-corrected chi connectivity index (χ1v) is 7.77. The second-order valence-corrected chi connectivity index (χ2v) is 5.15. The van der Waals surface area contributed by atoms with E-state index in [1.165, 1.54) is 13.2 Å². The van der Waals surface area contributed by atoms with Crippen LogP contribution in [-0.4, -0.2) is 26.3 Å². The highest BCUT2D eigenvalue weighted by molar-refractivity contribution is 5.97. The molecule has 25 heavy (non-hydrogen) atoms. The maximum absolute atomic E-state index is 11.8. The Bertz CT molecular complexity index is 763. The zero-order valence-corrected chi connectivity index (χ0v) is 14.0. The first-order valence-electron chi connectivity index (χ1n) is 7.77. The Kier molecular flexibility index (Phi) is 7.23. The molecule has 0 heterocycles. The molecule has 2 aromatic carbocycles. The van der Waals surface area contributed by atoms with Gasteiger partial charge in [0, 0.05) is 7.11 Å². The van der Waals surface area contributed by atoms with Gasteiger partial charge in [-0.2, -0.15) is 5.26 Å². The van der Waals surface area contributed by atoms with Crippen molar-refractivity contribution in [3.63, 3.8) is 0 Å². The SMILES string of the molecule is COCCOC(=O)/C(C#N)=C\c1cccc(OCc2ccccc2)c1. The number of methoxy groups -OCH3 is 1. The van der Waals surface area contributed by atoms with E-state index in [1.54, 1.807) is 18.2 Å². The minimum Gasteiger partial charge on any atom is -0.489 e. The summed E-state index contributed by atoms with van der Waals surface area (Å²) >= 11 is 0. The molecule has 0 fully saturated rings. The van der Waals surface area contributed by atoms with Gasteiger partial charge in [0.15, 0.2) is 0 Å². The summed E-state index contributed by atoms with van der Waals surface area (Å²) in [6, 6.07) is 18.8. The number of nitriles is 1. The monoisotopic (exact) mass is 337 g/mol. The van der Waals surface area contributed by atoms with Gasteiger partial charge in [-0.25, -0.2) is 4.79 Å². The van der Waals surface area contributed by atoms with Gasteiger partial charge in [0.05, 0.1) is 6.61 Å². The molecule has 0 spiro atoms. The number of hydrogen-bond acceptors (Lipinski definition) is 5. The number of carbonyl (C=O) groups is 1. The van der Waals surface area contributed by atoms with Crippen LogP contribution >= 0.6 is 0 Å². The van der Waals surface area contributed by atoms with Gasteiger partial charge in [-0.05, 0) is 29.3 Å². The number of nitrogens with zero attached hydrogens (tertiary/aromatic N) is 1. The van der Waals surface area contributed by atoms with E-state index in [1.807, 2.05) is 42.5 Å². The van der Waals surface area contributed by atoms with Crippen LogP contribution in [0.5, 0.6) is 5.75 Å². The van der Waals surface area contributed by atoms with E-state index < -0.39 is 5.97 Å². The Labute approximate surface area is 147 Å². The minimum absolute atomic E-state index is 0.0729. The van der Waals surface area contributed by atoms with Crippen molar-refractivity contribution in [1.82, 2.24) is 0 Å². The number of rotatable bonds is 8. The van der Waals surface area contributed by atoms with E-state index in [-0.39, 0.29) is 18.8 Å². The largest absolute Gasteiger partial charge is 0.489 e. The van der Waals surface area contributed by atoms with E-state index in [0.29, 0.717) is 17.9 Å². The number of esters is 1. The van der Waals surface area contributed by atoms with Gasteiger partial charge < -0.3 is 14.2 Å². The fraction of sp³-hybridized carbons (Fsp3) is 0.200. The number of ether oxygens (including phenoxy) is 3. The van der Waals surface area contributed by atoms with E-state index in [2.05, 4.69) is 0 Å². The van der Waals surface area contributed by atoms with Crippen molar-refractivity contribution in [1.29, 1.82) is 5.26 Å². The molecule has 0 amide bonds. The lowest BCUT2D eigenvalue weighted by Crippen LogP contribution is -2.11. The summed E-state index contributed by atoms with van der Waals surface area (Å²) in [7, 11) is 1.51. The summed E-state index contributed by atoms with van der Waals surface area (Å²) in [6.45, 7) is 0.833. The van der Waals surface area contributed by atoms with Crippen molar-refractivity contribution in [2.45, 2.75) is 6.61 Å².